The number of ether oxygens (including phenoxy) is 7. The number of hydrogen-bond donors (Lipinski definition) is 21. The van der Waals surface area contributed by atoms with Crippen LogP contribution in [-0.4, -0.2) is 234 Å². The summed E-state index contributed by atoms with van der Waals surface area (Å²) in [6.07, 6.45) is -13.8. The van der Waals surface area contributed by atoms with Crippen molar-refractivity contribution in [1.82, 2.24) is 52.8 Å². The third-order valence-electron chi connectivity index (χ3n) is 22.8. The van der Waals surface area contributed by atoms with Crippen molar-refractivity contribution in [3.8, 4) is 80.1 Å². The molecule has 2 fully saturated rings. The highest BCUT2D eigenvalue weighted by atomic mass is 35.5. The lowest BCUT2D eigenvalue weighted by molar-refractivity contribution is -0.277. The van der Waals surface area contributed by atoms with Crippen molar-refractivity contribution in [1.29, 1.82) is 0 Å². The van der Waals surface area contributed by atoms with Crippen LogP contribution in [0, 0.1) is 5.92 Å². The maximum Gasteiger partial charge on any atom is 0.248 e. The highest BCUT2D eigenvalue weighted by Crippen LogP contribution is 2.51. The number of unbranched alkanes of at least 4 members (excludes halogenated alkanes) is 5. The van der Waals surface area contributed by atoms with Crippen LogP contribution in [0.15, 0.2) is 115 Å². The first-order chi connectivity index (χ1) is 60.7. The number of nitrogens with zero attached hydrogens (tertiary/aromatic N) is 1. The number of aliphatic hydroxyl groups excluding tert-OH is 8. The Balaban J connectivity index is 1.04. The molecule has 127 heavy (non-hydrogen) atoms. The number of phenolic OH excluding ortho intramolecular Hbond substituents is 4. The molecule has 8 heterocycles. The molecule has 2 saturated heterocycles. The predicted octanol–water partition coefficient (Wildman–Crippen LogP) is 4.08. The smallest absolute Gasteiger partial charge is 0.248 e. The third kappa shape index (κ3) is 21.2. The van der Waals surface area contributed by atoms with Gasteiger partial charge in [-0.15, -0.1) is 0 Å². The molecule has 18 atom stereocenters. The van der Waals surface area contributed by atoms with E-state index in [0.717, 1.165) is 92.8 Å². The lowest BCUT2D eigenvalue weighted by Gasteiger charge is -2.42. The number of benzene rings is 7. The largest absolute Gasteiger partial charge is 0.508 e. The number of phenols is 4. The molecular weight excluding hydrogens is 1700 g/mol. The standard InChI is InChI=1S/C88H102Cl2N10O27/c1-39(2)13-10-8-6-7-9-11-14-63(107)94-72-76(111)74(109)61(37-101)125-87(72)127-79-59-31-44-32-60(79)123-56-24-19-43(29-51(56)89)73(108)71-86(120)98-69(81(115)92-25-12-26-100(4)5)49-33-45(103)34-58(124-88-78(113)77(112)75(110)62(38-102)126-88)64(49)48-28-41(17-22-53(48)104)67(83(117)99-71)95-84(118)68(44)96-85(119)70-50-35-47(36-55(106)65(50)90)122-57-30-42(18-23-54(57)105)66(91-3)82(116)93-52(80(114)97-70)27-40-15-20-46(121-59)21-16-40/h15-24,28-36,39,52,61-62,66-78,87-88,91,101-106,108-113H,6-14,25-27,37-38H2,1-5H3,(H,92,115)(H,93,116)(H,94,107)(H,95,118)(H,96,119)(H,97,114)(H,98,120)(H,99,117)/t52-,61-,62-,66+,67-,68-,69+,70+,71+,72+,73-,74-,75-,76-,77+,78+,87+,88+/m1/s1. The first-order valence-corrected chi connectivity index (χ1v) is 42.3. The molecule has 39 heteroatoms. The van der Waals surface area contributed by atoms with E-state index in [1.54, 1.807) is 14.1 Å². The van der Waals surface area contributed by atoms with E-state index in [0.29, 0.717) is 37.3 Å². The van der Waals surface area contributed by atoms with Crippen molar-refractivity contribution in [2.45, 2.75) is 188 Å². The van der Waals surface area contributed by atoms with Gasteiger partial charge in [-0.3, -0.25) is 38.4 Å². The fraction of sp³-hybridized carbons (Fsp3) is 0.432. The van der Waals surface area contributed by atoms with Gasteiger partial charge in [0.25, 0.3) is 0 Å². The third-order valence-corrected chi connectivity index (χ3v) is 23.5. The Hall–Kier alpha value is -11.4. The van der Waals surface area contributed by atoms with Crippen LogP contribution in [0.5, 0.6) is 69.0 Å². The van der Waals surface area contributed by atoms with E-state index in [4.69, 9.17) is 56.4 Å². The van der Waals surface area contributed by atoms with Crippen LogP contribution < -0.4 is 71.5 Å². The van der Waals surface area contributed by atoms with Gasteiger partial charge in [0.2, 0.25) is 65.6 Å². The number of fused-ring (bicyclic) bond motifs is 14. The first kappa shape index (κ1) is 93.2. The average Bonchev–Trinajstić information content (AvgIpc) is 0.759. The molecule has 21 N–H and O–H groups in total. The van der Waals surface area contributed by atoms with Gasteiger partial charge in [-0.2, -0.15) is 0 Å². The molecule has 8 amide bonds. The van der Waals surface area contributed by atoms with Gasteiger partial charge < -0.3 is 147 Å². The van der Waals surface area contributed by atoms with Crippen molar-refractivity contribution in [3.63, 3.8) is 0 Å². The average molecular weight is 1800 g/mol. The molecule has 0 aliphatic carbocycles. The van der Waals surface area contributed by atoms with Crippen LogP contribution in [-0.2, 0) is 54.3 Å². The van der Waals surface area contributed by atoms with Crippen LogP contribution in [0.3, 0.4) is 0 Å². The molecule has 0 aromatic heterocycles. The second-order valence-electron chi connectivity index (χ2n) is 32.7. The number of aliphatic hydroxyl groups is 8. The summed E-state index contributed by atoms with van der Waals surface area (Å²) >= 11 is 14.3. The molecule has 7 aromatic carbocycles. The Labute approximate surface area is 737 Å². The number of likely N-dealkylation sites (N-methyl/N-ethyl adjacent to an activating group) is 1. The molecular formula is C88H102Cl2N10O27. The summed E-state index contributed by atoms with van der Waals surface area (Å²) in [5, 5.41) is 162. The van der Waals surface area contributed by atoms with Crippen molar-refractivity contribution in [2.24, 2.45) is 5.92 Å². The molecule has 8 aliphatic rings. The summed E-state index contributed by atoms with van der Waals surface area (Å²) in [7, 11) is 4.98. The highest BCUT2D eigenvalue weighted by Gasteiger charge is 2.50. The van der Waals surface area contributed by atoms with E-state index in [2.05, 4.69) is 61.7 Å². The molecule has 0 radical (unpaired) electrons. The zero-order chi connectivity index (χ0) is 91.1. The van der Waals surface area contributed by atoms with Gasteiger partial charge in [-0.05, 0) is 153 Å². The number of carbonyl (C=O) groups is 8. The second-order valence-corrected chi connectivity index (χ2v) is 33.4. The van der Waals surface area contributed by atoms with E-state index in [9.17, 15) is 70.9 Å². The number of aromatic hydroxyl groups is 4. The van der Waals surface area contributed by atoms with Crippen molar-refractivity contribution < 1.29 is 133 Å². The Kier molecular flexibility index (Phi) is 29.9. The molecule has 680 valence electrons. The van der Waals surface area contributed by atoms with Gasteiger partial charge >= 0.3 is 0 Å². The minimum atomic E-state index is -2.40. The van der Waals surface area contributed by atoms with Crippen molar-refractivity contribution in [2.75, 3.05) is 47.4 Å². The summed E-state index contributed by atoms with van der Waals surface area (Å²) in [5.41, 5.74) is -2.44. The van der Waals surface area contributed by atoms with E-state index in [-0.39, 0.29) is 59.1 Å². The van der Waals surface area contributed by atoms with Crippen LogP contribution in [0.1, 0.15) is 147 Å². The minimum Gasteiger partial charge on any atom is -0.508 e. The van der Waals surface area contributed by atoms with Gasteiger partial charge in [0.05, 0.1) is 23.3 Å². The maximum absolute atomic E-state index is 16.8. The van der Waals surface area contributed by atoms with Gasteiger partial charge in [-0.1, -0.05) is 106 Å². The SMILES string of the molecule is CN[C@@H]1C(=O)N[C@@H]2Cc3ccc(cc3)Oc3cc4cc(c3O[C@@H]3O[C@H](CO)[C@@H](O)[C@H](O)[C@@H]3NC(=O)CCCCCCCCC(C)C)Oc3ccc(cc3Cl)[C@@H](O)[C@@H]3NC(=O)[C@H](NC(=O)[C@@H]4NC(=O)[C@@H](NC2=O)c2cc(cc(O)c2Cl)Oc2cc1ccc2O)c1ccc(O)c(c1)-c1c(O[C@H]2O[C@H](CO)[C@@H](O)[C@H](O)[C@@H]2O)cc(O)cc1[C@@H](C(=O)NCCCN(C)C)NC3=O. The molecule has 8 aliphatic heterocycles. The number of rotatable bonds is 22. The first-order valence-electron chi connectivity index (χ1n) is 41.5. The van der Waals surface area contributed by atoms with Crippen LogP contribution in [0.2, 0.25) is 10.0 Å². The minimum absolute atomic E-state index is 0.0760. The molecule has 0 saturated carbocycles. The predicted molar refractivity (Wildman–Crippen MR) is 452 cm³/mol. The fourth-order valence-corrected chi connectivity index (χ4v) is 16.4. The molecule has 17 bridgehead atoms. The number of halogens is 2. The number of nitrogens with one attached hydrogen (secondary N) is 9. The second kappa shape index (κ2) is 40.7. The highest BCUT2D eigenvalue weighted by molar-refractivity contribution is 6.33. The van der Waals surface area contributed by atoms with Gasteiger partial charge in [0.1, 0.15) is 137 Å². The van der Waals surface area contributed by atoms with Gasteiger partial charge in [0.15, 0.2) is 23.0 Å². The lowest BCUT2D eigenvalue weighted by Crippen LogP contribution is -2.65. The number of amides is 8. The molecule has 37 nitrogen and oxygen atoms in total. The van der Waals surface area contributed by atoms with E-state index in [1.165, 1.54) is 61.6 Å². The van der Waals surface area contributed by atoms with Crippen molar-refractivity contribution >= 4 is 70.5 Å². The Morgan fingerprint density at radius 1 is 0.543 bits per heavy atom. The van der Waals surface area contributed by atoms with Crippen LogP contribution >= 0.6 is 23.2 Å². The normalized spacial score (nSPS) is 26.0. The Morgan fingerprint density at radius 3 is 1.86 bits per heavy atom. The number of hydrogen-bond acceptors (Lipinski definition) is 29. The molecule has 0 spiro atoms. The Morgan fingerprint density at radius 2 is 1.17 bits per heavy atom. The summed E-state index contributed by atoms with van der Waals surface area (Å²) in [6, 6.07) is 6.60. The van der Waals surface area contributed by atoms with Crippen LogP contribution in [0.25, 0.3) is 11.1 Å². The molecule has 15 rings (SSSR count). The monoisotopic (exact) mass is 1800 g/mol. The molecule has 7 aromatic rings. The van der Waals surface area contributed by atoms with E-state index < -0.39 is 254 Å². The topological polar surface area (TPSA) is 555 Å². The molecule has 0 unspecified atom stereocenters. The zero-order valence-electron chi connectivity index (χ0n) is 69.5. The van der Waals surface area contributed by atoms with Gasteiger partial charge in [0, 0.05) is 48.2 Å². The lowest BCUT2D eigenvalue weighted by atomic mass is 9.89. The Bertz CT molecular complexity index is 5240. The van der Waals surface area contributed by atoms with Gasteiger partial charge in [-0.25, -0.2) is 0 Å². The number of carbonyl (C=O) groups excluding carboxylic acids is 8. The summed E-state index contributed by atoms with van der Waals surface area (Å²) < 4.78 is 44.9. The summed E-state index contributed by atoms with van der Waals surface area (Å²) in [5.74, 6) is -14.9. The van der Waals surface area contributed by atoms with Crippen molar-refractivity contribution in [3.05, 3.63) is 164 Å². The summed E-state index contributed by atoms with van der Waals surface area (Å²) in [6.45, 7) is 2.73. The van der Waals surface area contributed by atoms with E-state index >= 15 is 28.8 Å². The summed E-state index contributed by atoms with van der Waals surface area (Å²) in [4.78, 5) is 127. The quantitative estimate of drug-likeness (QED) is 0.0425. The van der Waals surface area contributed by atoms with E-state index in [1.807, 2.05) is 4.90 Å². The zero-order valence-corrected chi connectivity index (χ0v) is 71.0. The maximum atomic E-state index is 16.8. The van der Waals surface area contributed by atoms with Crippen LogP contribution in [0.4, 0.5) is 0 Å². The fourth-order valence-electron chi connectivity index (χ4n) is 15.9.